The summed E-state index contributed by atoms with van der Waals surface area (Å²) in [7, 11) is 1.31. The van der Waals surface area contributed by atoms with Crippen LogP contribution in [0.3, 0.4) is 0 Å². The Hall–Kier alpha value is -0.650. The Kier molecular flexibility index (Phi) is 3.44. The number of hydrazine groups is 1. The maximum absolute atomic E-state index is 11.0. The zero-order valence-electron chi connectivity index (χ0n) is 7.05. The Labute approximate surface area is 66.0 Å². The Balaban J connectivity index is 4.31. The number of esters is 1. The molecule has 0 spiro atoms. The van der Waals surface area contributed by atoms with Gasteiger partial charge in [0.1, 0.15) is 0 Å². The summed E-state index contributed by atoms with van der Waals surface area (Å²) in [5.74, 6) is 4.68. The minimum Gasteiger partial charge on any atom is -0.469 e. The molecule has 1 atom stereocenters. The van der Waals surface area contributed by atoms with Crippen LogP contribution >= 0.6 is 0 Å². The second kappa shape index (κ2) is 3.66. The molecule has 0 radical (unpaired) electrons. The van der Waals surface area contributed by atoms with Gasteiger partial charge in [0.25, 0.3) is 0 Å². The first kappa shape index (κ1) is 10.3. The molecule has 0 rings (SSSR count). The van der Waals surface area contributed by atoms with Crippen LogP contribution in [0.2, 0.25) is 0 Å². The van der Waals surface area contributed by atoms with Crippen molar-refractivity contribution < 1.29 is 9.53 Å². The van der Waals surface area contributed by atoms with E-state index in [0.29, 0.717) is 0 Å². The number of nitrogens with two attached hydrogens (primary N) is 2. The fourth-order valence-electron chi connectivity index (χ4n) is 0.598. The van der Waals surface area contributed by atoms with E-state index in [9.17, 15) is 4.79 Å². The van der Waals surface area contributed by atoms with Gasteiger partial charge in [-0.3, -0.25) is 10.6 Å². The molecule has 0 saturated carbocycles. The first-order valence-electron chi connectivity index (χ1n) is 3.27. The lowest BCUT2D eigenvalue weighted by atomic mass is 9.90. The quantitative estimate of drug-likeness (QED) is 0.212. The van der Waals surface area contributed by atoms with Crippen molar-refractivity contribution in [2.24, 2.45) is 17.0 Å². The van der Waals surface area contributed by atoms with E-state index in [-0.39, 0.29) is 5.97 Å². The Morgan fingerprint density at radius 1 is 1.64 bits per heavy atom. The summed E-state index contributed by atoms with van der Waals surface area (Å²) in [5, 5.41) is 0. The van der Waals surface area contributed by atoms with Crippen LogP contribution in [0.4, 0.5) is 0 Å². The highest BCUT2D eigenvalue weighted by Crippen LogP contribution is 2.18. The van der Waals surface area contributed by atoms with E-state index < -0.39 is 11.6 Å². The van der Waals surface area contributed by atoms with Gasteiger partial charge < -0.3 is 10.5 Å². The van der Waals surface area contributed by atoms with Gasteiger partial charge in [0.2, 0.25) is 0 Å². The number of carbonyl (C=O) groups excluding carboxylic acids is 1. The number of nitrogens with one attached hydrogen (secondary N) is 1. The summed E-state index contributed by atoms with van der Waals surface area (Å²) >= 11 is 0. The summed E-state index contributed by atoms with van der Waals surface area (Å²) in [4.78, 5) is 11.0. The molecular formula is C6H15N3O2. The zero-order chi connectivity index (χ0) is 9.07. The molecular weight excluding hydrogens is 146 g/mol. The monoisotopic (exact) mass is 161 g/mol. The van der Waals surface area contributed by atoms with Crippen molar-refractivity contribution in [3.05, 3.63) is 0 Å². The molecule has 0 fully saturated rings. The second-order valence-corrected chi connectivity index (χ2v) is 2.86. The van der Waals surface area contributed by atoms with E-state index in [2.05, 4.69) is 10.2 Å². The third-order valence-corrected chi connectivity index (χ3v) is 1.67. The molecule has 0 aromatic rings. The van der Waals surface area contributed by atoms with Gasteiger partial charge >= 0.3 is 5.97 Å². The van der Waals surface area contributed by atoms with Crippen LogP contribution in [-0.2, 0) is 9.53 Å². The lowest BCUT2D eigenvalue weighted by Gasteiger charge is -2.27. The number of ether oxygens (including phenoxy) is 1. The molecule has 5 N–H and O–H groups in total. The van der Waals surface area contributed by atoms with Gasteiger partial charge in [-0.15, -0.1) is 0 Å². The SMILES string of the molecule is COC(=O)C(C)(C)C(N)NN. The molecule has 11 heavy (non-hydrogen) atoms. The van der Waals surface area contributed by atoms with Crippen molar-refractivity contribution in [3.8, 4) is 0 Å². The molecule has 0 aromatic carbocycles. The third kappa shape index (κ3) is 2.14. The van der Waals surface area contributed by atoms with Crippen LogP contribution in [-0.4, -0.2) is 19.2 Å². The first-order chi connectivity index (χ1) is 4.96. The number of methoxy groups -OCH3 is 1. The highest BCUT2D eigenvalue weighted by molar-refractivity contribution is 5.76. The normalized spacial score (nSPS) is 14.3. The lowest BCUT2D eigenvalue weighted by Crippen LogP contribution is -2.55. The van der Waals surface area contributed by atoms with Gasteiger partial charge in [0.15, 0.2) is 0 Å². The standard InChI is InChI=1S/C6H15N3O2/c1-6(2,4(7)9-8)5(10)11-3/h4,9H,7-8H2,1-3H3. The fourth-order valence-corrected chi connectivity index (χ4v) is 0.598. The smallest absolute Gasteiger partial charge is 0.314 e. The van der Waals surface area contributed by atoms with Gasteiger partial charge in [-0.25, -0.2) is 5.43 Å². The van der Waals surface area contributed by atoms with Crippen LogP contribution in [0.1, 0.15) is 13.8 Å². The van der Waals surface area contributed by atoms with Crippen LogP contribution in [0, 0.1) is 5.41 Å². The summed E-state index contributed by atoms with van der Waals surface area (Å²) in [6.07, 6.45) is -0.602. The van der Waals surface area contributed by atoms with E-state index in [1.807, 2.05) is 0 Å². The van der Waals surface area contributed by atoms with Crippen LogP contribution in [0.25, 0.3) is 0 Å². The van der Waals surface area contributed by atoms with Crippen LogP contribution in [0.15, 0.2) is 0 Å². The molecule has 5 heteroatoms. The molecule has 5 nitrogen and oxygen atoms in total. The molecule has 0 aromatic heterocycles. The molecule has 66 valence electrons. The summed E-state index contributed by atoms with van der Waals surface area (Å²) in [5.41, 5.74) is 6.99. The van der Waals surface area contributed by atoms with Crippen molar-refractivity contribution in [1.82, 2.24) is 5.43 Å². The van der Waals surface area contributed by atoms with E-state index >= 15 is 0 Å². The van der Waals surface area contributed by atoms with Gasteiger partial charge in [0.05, 0.1) is 18.7 Å². The molecule has 1 unspecified atom stereocenters. The van der Waals surface area contributed by atoms with Crippen molar-refractivity contribution >= 4 is 5.97 Å². The van der Waals surface area contributed by atoms with E-state index in [1.54, 1.807) is 13.8 Å². The van der Waals surface area contributed by atoms with Crippen LogP contribution < -0.4 is 17.0 Å². The molecule has 0 aliphatic heterocycles. The van der Waals surface area contributed by atoms with Crippen molar-refractivity contribution in [2.45, 2.75) is 20.0 Å². The van der Waals surface area contributed by atoms with Crippen molar-refractivity contribution in [2.75, 3.05) is 7.11 Å². The highest BCUT2D eigenvalue weighted by Gasteiger charge is 2.34. The molecule has 0 amide bonds. The Morgan fingerprint density at radius 2 is 2.09 bits per heavy atom. The maximum atomic E-state index is 11.0. The maximum Gasteiger partial charge on any atom is 0.314 e. The number of carbonyl (C=O) groups is 1. The van der Waals surface area contributed by atoms with E-state index in [0.717, 1.165) is 0 Å². The highest BCUT2D eigenvalue weighted by atomic mass is 16.5. The topological polar surface area (TPSA) is 90.4 Å². The molecule has 0 saturated heterocycles. The van der Waals surface area contributed by atoms with Crippen LogP contribution in [0.5, 0.6) is 0 Å². The average Bonchev–Trinajstić information content (AvgIpc) is 2.01. The number of hydrogen-bond acceptors (Lipinski definition) is 5. The minimum atomic E-state index is -0.802. The second-order valence-electron chi connectivity index (χ2n) is 2.86. The Morgan fingerprint density at radius 3 is 2.36 bits per heavy atom. The number of hydrogen-bond donors (Lipinski definition) is 3. The first-order valence-corrected chi connectivity index (χ1v) is 3.27. The average molecular weight is 161 g/mol. The van der Waals surface area contributed by atoms with E-state index in [1.165, 1.54) is 7.11 Å². The third-order valence-electron chi connectivity index (χ3n) is 1.67. The zero-order valence-corrected chi connectivity index (χ0v) is 7.05. The molecule has 0 bridgehead atoms. The fraction of sp³-hybridized carbons (Fsp3) is 0.833. The van der Waals surface area contributed by atoms with Gasteiger partial charge in [-0.05, 0) is 13.8 Å². The largest absolute Gasteiger partial charge is 0.469 e. The summed E-state index contributed by atoms with van der Waals surface area (Å²) in [6, 6.07) is 0. The van der Waals surface area contributed by atoms with E-state index in [4.69, 9.17) is 11.6 Å². The predicted molar refractivity (Wildman–Crippen MR) is 41.1 cm³/mol. The summed E-state index contributed by atoms with van der Waals surface area (Å²) < 4.78 is 4.52. The molecule has 0 heterocycles. The summed E-state index contributed by atoms with van der Waals surface area (Å²) in [6.45, 7) is 3.31. The molecule has 0 aliphatic rings. The molecule has 0 aliphatic carbocycles. The van der Waals surface area contributed by atoms with Gasteiger partial charge in [-0.2, -0.15) is 0 Å². The van der Waals surface area contributed by atoms with Gasteiger partial charge in [-0.1, -0.05) is 0 Å². The number of rotatable bonds is 3. The minimum absolute atomic E-state index is 0.386. The van der Waals surface area contributed by atoms with Crippen molar-refractivity contribution in [3.63, 3.8) is 0 Å². The van der Waals surface area contributed by atoms with Crippen molar-refractivity contribution in [1.29, 1.82) is 0 Å². The van der Waals surface area contributed by atoms with Gasteiger partial charge in [0, 0.05) is 0 Å². The lowest BCUT2D eigenvalue weighted by molar-refractivity contribution is -0.152. The predicted octanol–water partition coefficient (Wildman–Crippen LogP) is -1.07. The Bertz CT molecular complexity index is 147.